The Morgan fingerprint density at radius 3 is 2.65 bits per heavy atom. The molecule has 1 aromatic rings. The van der Waals surface area contributed by atoms with Crippen molar-refractivity contribution in [1.29, 1.82) is 0 Å². The first-order chi connectivity index (χ1) is 7.88. The van der Waals surface area contributed by atoms with Crippen LogP contribution in [0.3, 0.4) is 0 Å². The smallest absolute Gasteiger partial charge is 0.416 e. The average Bonchev–Trinajstić information content (AvgIpc) is 2.63. The van der Waals surface area contributed by atoms with Crippen molar-refractivity contribution >= 4 is 17.7 Å². The van der Waals surface area contributed by atoms with Crippen LogP contribution in [0.5, 0.6) is 0 Å². The molecule has 1 atom stereocenters. The number of alkyl carbamates (subject to hydrolysis) is 1. The van der Waals surface area contributed by atoms with Crippen LogP contribution in [0, 0.1) is 0 Å². The third-order valence-corrected chi connectivity index (χ3v) is 2.72. The van der Waals surface area contributed by atoms with E-state index in [1.165, 1.54) is 0 Å². The SMILES string of the molecule is O=C1N[C@H](c2cc(C(F)(F)F)ccc2Cl)CO1. The van der Waals surface area contributed by atoms with Gasteiger partial charge in [0.1, 0.15) is 6.61 Å². The maximum absolute atomic E-state index is 12.5. The molecule has 1 heterocycles. The van der Waals surface area contributed by atoms with Gasteiger partial charge in [0, 0.05) is 5.02 Å². The fourth-order valence-corrected chi connectivity index (χ4v) is 1.79. The van der Waals surface area contributed by atoms with Gasteiger partial charge in [0.25, 0.3) is 0 Å². The fraction of sp³-hybridized carbons (Fsp3) is 0.300. The minimum atomic E-state index is -4.44. The topological polar surface area (TPSA) is 38.3 Å². The molecular formula is C10H7ClF3NO2. The predicted molar refractivity (Wildman–Crippen MR) is 53.7 cm³/mol. The van der Waals surface area contributed by atoms with Crippen molar-refractivity contribution in [3.05, 3.63) is 34.3 Å². The summed E-state index contributed by atoms with van der Waals surface area (Å²) in [5.41, 5.74) is -0.606. The Hall–Kier alpha value is -1.43. The molecule has 0 spiro atoms. The van der Waals surface area contributed by atoms with Crippen molar-refractivity contribution in [3.63, 3.8) is 0 Å². The van der Waals surface area contributed by atoms with Gasteiger partial charge in [0.2, 0.25) is 0 Å². The summed E-state index contributed by atoms with van der Waals surface area (Å²) in [5, 5.41) is 2.54. The highest BCUT2D eigenvalue weighted by molar-refractivity contribution is 6.31. The average molecular weight is 266 g/mol. The zero-order valence-corrected chi connectivity index (χ0v) is 9.10. The molecule has 3 nitrogen and oxygen atoms in total. The van der Waals surface area contributed by atoms with Crippen molar-refractivity contribution in [3.8, 4) is 0 Å². The monoisotopic (exact) mass is 265 g/mol. The van der Waals surface area contributed by atoms with E-state index in [2.05, 4.69) is 10.1 Å². The molecule has 0 unspecified atom stereocenters. The summed E-state index contributed by atoms with van der Waals surface area (Å²) < 4.78 is 42.1. The molecule has 0 aromatic heterocycles. The first-order valence-electron chi connectivity index (χ1n) is 4.68. The van der Waals surface area contributed by atoms with E-state index in [0.29, 0.717) is 0 Å². The lowest BCUT2D eigenvalue weighted by molar-refractivity contribution is -0.137. The van der Waals surface area contributed by atoms with Gasteiger partial charge >= 0.3 is 12.3 Å². The number of carbonyl (C=O) groups is 1. The van der Waals surface area contributed by atoms with E-state index in [-0.39, 0.29) is 17.2 Å². The lowest BCUT2D eigenvalue weighted by Gasteiger charge is -2.13. The molecule has 92 valence electrons. The van der Waals surface area contributed by atoms with Gasteiger partial charge < -0.3 is 10.1 Å². The Morgan fingerprint density at radius 2 is 2.12 bits per heavy atom. The summed E-state index contributed by atoms with van der Waals surface area (Å²) in [6.07, 6.45) is -5.11. The molecule has 1 aliphatic rings. The van der Waals surface area contributed by atoms with Gasteiger partial charge in [-0.3, -0.25) is 0 Å². The number of hydrogen-bond donors (Lipinski definition) is 1. The summed E-state index contributed by atoms with van der Waals surface area (Å²) in [7, 11) is 0. The van der Waals surface area contributed by atoms with Crippen LogP contribution in [0.15, 0.2) is 18.2 Å². The standard InChI is InChI=1S/C10H7ClF3NO2/c11-7-2-1-5(10(12,13)14)3-6(7)8-4-17-9(16)15-8/h1-3,8H,4H2,(H,15,16)/t8-/m0/s1. The van der Waals surface area contributed by atoms with Crippen LogP contribution in [0.1, 0.15) is 17.2 Å². The van der Waals surface area contributed by atoms with E-state index in [0.717, 1.165) is 18.2 Å². The van der Waals surface area contributed by atoms with E-state index in [1.807, 2.05) is 0 Å². The van der Waals surface area contributed by atoms with E-state index >= 15 is 0 Å². The Morgan fingerprint density at radius 1 is 1.41 bits per heavy atom. The molecule has 1 amide bonds. The van der Waals surface area contributed by atoms with Crippen molar-refractivity contribution in [2.45, 2.75) is 12.2 Å². The number of rotatable bonds is 1. The zero-order valence-electron chi connectivity index (χ0n) is 8.34. The van der Waals surface area contributed by atoms with Crippen molar-refractivity contribution in [2.75, 3.05) is 6.61 Å². The molecule has 1 aromatic carbocycles. The molecule has 7 heteroatoms. The number of hydrogen-bond acceptors (Lipinski definition) is 2. The normalized spacial score (nSPS) is 20.0. The number of ether oxygens (including phenoxy) is 1. The van der Waals surface area contributed by atoms with Crippen LogP contribution in [0.2, 0.25) is 5.02 Å². The van der Waals surface area contributed by atoms with Crippen molar-refractivity contribution < 1.29 is 22.7 Å². The van der Waals surface area contributed by atoms with E-state index < -0.39 is 23.9 Å². The number of alkyl halides is 3. The summed E-state index contributed by atoms with van der Waals surface area (Å²) in [6.45, 7) is -0.0279. The summed E-state index contributed by atoms with van der Waals surface area (Å²) in [6, 6.07) is 2.33. The van der Waals surface area contributed by atoms with Gasteiger partial charge in [-0.1, -0.05) is 11.6 Å². The Labute approximate surface area is 99.5 Å². The molecule has 1 saturated heterocycles. The fourth-order valence-electron chi connectivity index (χ4n) is 1.54. The van der Waals surface area contributed by atoms with Gasteiger partial charge in [-0.2, -0.15) is 13.2 Å². The zero-order chi connectivity index (χ0) is 12.6. The number of carbonyl (C=O) groups excluding carboxylic acids is 1. The van der Waals surface area contributed by atoms with Gasteiger partial charge in [0.15, 0.2) is 0 Å². The van der Waals surface area contributed by atoms with Crippen molar-refractivity contribution in [1.82, 2.24) is 5.32 Å². The highest BCUT2D eigenvalue weighted by atomic mass is 35.5. The summed E-state index contributed by atoms with van der Waals surface area (Å²) in [5.74, 6) is 0. The molecule has 1 aliphatic heterocycles. The molecule has 2 rings (SSSR count). The van der Waals surface area contributed by atoms with Gasteiger partial charge in [-0.15, -0.1) is 0 Å². The first kappa shape index (κ1) is 12.0. The Bertz CT molecular complexity index is 461. The van der Waals surface area contributed by atoms with Crippen LogP contribution in [0.4, 0.5) is 18.0 Å². The minimum Gasteiger partial charge on any atom is -0.447 e. The predicted octanol–water partition coefficient (Wildman–Crippen LogP) is 3.14. The Balaban J connectivity index is 2.36. The second kappa shape index (κ2) is 4.10. The highest BCUT2D eigenvalue weighted by Gasteiger charge is 2.33. The molecule has 0 aliphatic carbocycles. The Kier molecular flexibility index (Phi) is 2.91. The first-order valence-corrected chi connectivity index (χ1v) is 5.05. The largest absolute Gasteiger partial charge is 0.447 e. The van der Waals surface area contributed by atoms with E-state index in [9.17, 15) is 18.0 Å². The lowest BCUT2D eigenvalue weighted by atomic mass is 10.0. The van der Waals surface area contributed by atoms with Crippen LogP contribution in [-0.2, 0) is 10.9 Å². The van der Waals surface area contributed by atoms with Crippen molar-refractivity contribution in [2.24, 2.45) is 0 Å². The third kappa shape index (κ3) is 2.46. The molecule has 0 saturated carbocycles. The molecular weight excluding hydrogens is 259 g/mol. The maximum Gasteiger partial charge on any atom is 0.416 e. The maximum atomic E-state index is 12.5. The summed E-state index contributed by atoms with van der Waals surface area (Å²) in [4.78, 5) is 10.8. The quantitative estimate of drug-likeness (QED) is 0.847. The van der Waals surface area contributed by atoms with Gasteiger partial charge in [0.05, 0.1) is 11.6 Å². The molecule has 17 heavy (non-hydrogen) atoms. The third-order valence-electron chi connectivity index (χ3n) is 2.37. The number of halogens is 4. The minimum absolute atomic E-state index is 0.0279. The van der Waals surface area contributed by atoms with Crippen LogP contribution in [0.25, 0.3) is 0 Å². The second-order valence-electron chi connectivity index (χ2n) is 3.53. The number of cyclic esters (lactones) is 1. The molecule has 1 N–H and O–H groups in total. The van der Waals surface area contributed by atoms with Gasteiger partial charge in [-0.25, -0.2) is 4.79 Å². The second-order valence-corrected chi connectivity index (χ2v) is 3.94. The van der Waals surface area contributed by atoms with Crippen LogP contribution < -0.4 is 5.32 Å². The summed E-state index contributed by atoms with van der Waals surface area (Å²) >= 11 is 5.80. The highest BCUT2D eigenvalue weighted by Crippen LogP contribution is 2.34. The number of benzene rings is 1. The molecule has 0 radical (unpaired) electrons. The van der Waals surface area contributed by atoms with E-state index in [4.69, 9.17) is 11.6 Å². The molecule has 1 fully saturated rings. The number of amides is 1. The molecule has 0 bridgehead atoms. The number of nitrogens with one attached hydrogen (secondary N) is 1. The lowest BCUT2D eigenvalue weighted by Crippen LogP contribution is -2.19. The van der Waals surface area contributed by atoms with Gasteiger partial charge in [-0.05, 0) is 23.8 Å². The van der Waals surface area contributed by atoms with E-state index in [1.54, 1.807) is 0 Å². The van der Waals surface area contributed by atoms with Crippen LogP contribution in [-0.4, -0.2) is 12.7 Å². The van der Waals surface area contributed by atoms with Crippen LogP contribution >= 0.6 is 11.6 Å².